The van der Waals surface area contributed by atoms with Gasteiger partial charge < -0.3 is 5.11 Å². The molecule has 1 unspecified atom stereocenters. The van der Waals surface area contributed by atoms with Gasteiger partial charge in [-0.15, -0.1) is 0 Å². The minimum absolute atomic E-state index is 0.231. The van der Waals surface area contributed by atoms with Gasteiger partial charge in [0.25, 0.3) is 5.91 Å². The van der Waals surface area contributed by atoms with E-state index in [4.69, 9.17) is 23.2 Å². The molecule has 0 saturated carbocycles. The van der Waals surface area contributed by atoms with E-state index in [0.717, 1.165) is 16.7 Å². The Morgan fingerprint density at radius 1 is 0.828 bits per heavy atom. The molecule has 1 aliphatic rings. The lowest BCUT2D eigenvalue weighted by atomic mass is 9.99. The zero-order valence-electron chi connectivity index (χ0n) is 15.2. The van der Waals surface area contributed by atoms with Crippen molar-refractivity contribution >= 4 is 40.7 Å². The highest BCUT2D eigenvalue weighted by molar-refractivity contribution is 6.48. The largest absolute Gasteiger partial charge is 0.492 e. The molecule has 3 aromatic carbocycles. The van der Waals surface area contributed by atoms with Crippen molar-refractivity contribution in [3.8, 4) is 11.1 Å². The normalized spacial score (nSPS) is 16.3. The number of aliphatic hydroxyl groups excluding tert-OH is 1. The summed E-state index contributed by atoms with van der Waals surface area (Å²) in [4.78, 5) is 20.5. The van der Waals surface area contributed by atoms with Crippen LogP contribution < -0.4 is 0 Å². The Morgan fingerprint density at radius 2 is 1.48 bits per heavy atom. The zero-order chi connectivity index (χ0) is 20.4. The van der Waals surface area contributed by atoms with Gasteiger partial charge in [-0.25, -0.2) is 0 Å². The smallest absolute Gasteiger partial charge is 0.274 e. The first-order valence-electron chi connectivity index (χ1n) is 9.01. The number of carbonyl (C=O) groups excluding carboxylic acids is 1. The zero-order valence-corrected chi connectivity index (χ0v) is 16.7. The van der Waals surface area contributed by atoms with Crippen LogP contribution in [0.25, 0.3) is 11.1 Å². The van der Waals surface area contributed by atoms with Gasteiger partial charge in [-0.05, 0) is 28.8 Å². The number of hydrogen-bond donors (Lipinski definition) is 1. The average Bonchev–Trinajstić information content (AvgIpc) is 2.73. The summed E-state index contributed by atoms with van der Waals surface area (Å²) >= 11 is 12.0. The molecule has 0 fully saturated rings. The third kappa shape index (κ3) is 4.24. The van der Waals surface area contributed by atoms with Crippen LogP contribution in [-0.4, -0.2) is 28.7 Å². The summed E-state index contributed by atoms with van der Waals surface area (Å²) in [6, 6.07) is 22.2. The molecule has 4 nitrogen and oxygen atoms in total. The molecule has 1 aliphatic heterocycles. The summed E-state index contributed by atoms with van der Waals surface area (Å²) in [5.74, 6) is -0.887. The molecule has 6 heteroatoms. The molecule has 1 atom stereocenters. The van der Waals surface area contributed by atoms with Crippen LogP contribution in [0.5, 0.6) is 0 Å². The van der Waals surface area contributed by atoms with Gasteiger partial charge in [0.05, 0.1) is 10.0 Å². The summed E-state index contributed by atoms with van der Waals surface area (Å²) in [6.07, 6.45) is 0.384. The Morgan fingerprint density at radius 3 is 2.17 bits per heavy atom. The van der Waals surface area contributed by atoms with E-state index in [9.17, 15) is 9.90 Å². The van der Waals surface area contributed by atoms with Crippen LogP contribution in [0.4, 0.5) is 0 Å². The summed E-state index contributed by atoms with van der Waals surface area (Å²) in [5, 5.41) is 10.9. The molecule has 0 radical (unpaired) electrons. The Hall–Kier alpha value is -2.95. The molecule has 29 heavy (non-hydrogen) atoms. The molecule has 1 N–H and O–H groups in total. The maximum Gasteiger partial charge on any atom is 0.274 e. The van der Waals surface area contributed by atoms with Gasteiger partial charge in [-0.1, -0.05) is 83.9 Å². The number of halogens is 2. The highest BCUT2D eigenvalue weighted by Gasteiger charge is 2.27. The van der Waals surface area contributed by atoms with Gasteiger partial charge in [0, 0.05) is 12.0 Å². The fraction of sp³-hybridized carbons (Fsp3) is 0.0870. The third-order valence-electron chi connectivity index (χ3n) is 4.68. The van der Waals surface area contributed by atoms with Gasteiger partial charge in [-0.3, -0.25) is 9.79 Å². The van der Waals surface area contributed by atoms with Crippen molar-refractivity contribution in [2.45, 2.75) is 12.5 Å². The molecular formula is C23H16Cl2N2O2. The monoisotopic (exact) mass is 422 g/mol. The summed E-state index contributed by atoms with van der Waals surface area (Å²) < 4.78 is 0. The first-order valence-corrected chi connectivity index (χ1v) is 9.76. The highest BCUT2D eigenvalue weighted by atomic mass is 35.5. The van der Waals surface area contributed by atoms with Crippen LogP contribution in [0, 0.1) is 0 Å². The topological polar surface area (TPSA) is 62.0 Å². The molecular weight excluding hydrogens is 407 g/mol. The van der Waals surface area contributed by atoms with Gasteiger partial charge >= 0.3 is 0 Å². The molecule has 144 valence electrons. The summed E-state index contributed by atoms with van der Waals surface area (Å²) in [5.41, 5.74) is 3.96. The van der Waals surface area contributed by atoms with Crippen LogP contribution in [-0.2, 0) is 11.2 Å². The van der Waals surface area contributed by atoms with Crippen molar-refractivity contribution in [3.05, 3.63) is 94.0 Å². The van der Waals surface area contributed by atoms with Gasteiger partial charge in [0.1, 0.15) is 11.8 Å². The van der Waals surface area contributed by atoms with E-state index in [1.54, 1.807) is 18.2 Å². The maximum absolute atomic E-state index is 12.3. The Kier molecular flexibility index (Phi) is 5.47. The van der Waals surface area contributed by atoms with Crippen LogP contribution in [0.15, 0.2) is 82.8 Å². The van der Waals surface area contributed by atoms with Crippen molar-refractivity contribution in [3.63, 3.8) is 0 Å². The van der Waals surface area contributed by atoms with Crippen molar-refractivity contribution in [2.75, 3.05) is 0 Å². The van der Waals surface area contributed by atoms with Crippen LogP contribution >= 0.6 is 23.2 Å². The van der Waals surface area contributed by atoms with Crippen LogP contribution in [0.2, 0.25) is 10.0 Å². The molecule has 3 aromatic rings. The summed E-state index contributed by atoms with van der Waals surface area (Å²) in [7, 11) is 0. The van der Waals surface area contributed by atoms with Crippen LogP contribution in [0.1, 0.15) is 11.1 Å². The van der Waals surface area contributed by atoms with Crippen molar-refractivity contribution in [1.82, 2.24) is 0 Å². The van der Waals surface area contributed by atoms with Gasteiger partial charge in [0.2, 0.25) is 5.90 Å². The van der Waals surface area contributed by atoms with Crippen molar-refractivity contribution in [2.24, 2.45) is 9.98 Å². The number of benzene rings is 3. The molecule has 0 aromatic heterocycles. The average molecular weight is 423 g/mol. The first-order chi connectivity index (χ1) is 14.0. The van der Waals surface area contributed by atoms with E-state index in [1.807, 2.05) is 54.6 Å². The van der Waals surface area contributed by atoms with Crippen LogP contribution in [0.3, 0.4) is 0 Å². The predicted molar refractivity (Wildman–Crippen MR) is 117 cm³/mol. The number of hydrogen-bond acceptors (Lipinski definition) is 2. The molecule has 1 amide bonds. The molecule has 0 spiro atoms. The minimum atomic E-state index is -0.710. The molecule has 0 bridgehead atoms. The fourth-order valence-electron chi connectivity index (χ4n) is 3.17. The number of amides is 1. The van der Waals surface area contributed by atoms with E-state index in [2.05, 4.69) is 9.98 Å². The van der Waals surface area contributed by atoms with Gasteiger partial charge in [0.15, 0.2) is 0 Å². The quantitative estimate of drug-likeness (QED) is 0.598. The Balaban J connectivity index is 1.58. The summed E-state index contributed by atoms with van der Waals surface area (Å²) in [6.45, 7) is 0. The third-order valence-corrected chi connectivity index (χ3v) is 5.42. The van der Waals surface area contributed by atoms with Crippen molar-refractivity contribution in [1.29, 1.82) is 0 Å². The molecule has 0 saturated heterocycles. The first kappa shape index (κ1) is 19.4. The van der Waals surface area contributed by atoms with Gasteiger partial charge in [-0.2, -0.15) is 4.99 Å². The Labute approximate surface area is 178 Å². The number of aliphatic hydroxyl groups is 1. The molecule has 1 heterocycles. The maximum atomic E-state index is 12.3. The SMILES string of the molecule is O=C1N=C(O)C(c2ccc(Cl)c(Cl)c2)=NC1Cc1ccc(-c2ccccc2)cc1. The van der Waals surface area contributed by atoms with Crippen molar-refractivity contribution < 1.29 is 9.90 Å². The second-order valence-electron chi connectivity index (χ2n) is 6.66. The van der Waals surface area contributed by atoms with E-state index in [-0.39, 0.29) is 5.71 Å². The molecule has 0 aliphatic carbocycles. The predicted octanol–water partition coefficient (Wildman–Crippen LogP) is 5.56. The fourth-order valence-corrected chi connectivity index (χ4v) is 3.47. The van der Waals surface area contributed by atoms with E-state index in [0.29, 0.717) is 22.0 Å². The number of aliphatic imine (C=N–C) groups is 2. The lowest BCUT2D eigenvalue weighted by Gasteiger charge is -2.17. The van der Waals surface area contributed by atoms with E-state index in [1.165, 1.54) is 0 Å². The molecule has 4 rings (SSSR count). The minimum Gasteiger partial charge on any atom is -0.492 e. The van der Waals surface area contributed by atoms with E-state index >= 15 is 0 Å². The lowest BCUT2D eigenvalue weighted by molar-refractivity contribution is -0.119. The number of nitrogens with zero attached hydrogens (tertiary/aromatic N) is 2. The number of rotatable bonds is 4. The number of carbonyl (C=O) groups is 1. The van der Waals surface area contributed by atoms with E-state index < -0.39 is 17.8 Å². The lowest BCUT2D eigenvalue weighted by Crippen LogP contribution is -2.31. The Bertz CT molecular complexity index is 1120. The highest BCUT2D eigenvalue weighted by Crippen LogP contribution is 2.25. The standard InChI is InChI=1S/C23H16Cl2N2O2/c24-18-11-10-17(13-19(18)25)21-23(29)27-22(28)20(26-21)12-14-6-8-16(9-7-14)15-4-2-1-3-5-15/h1-11,13,20H,12H2,(H,27,28,29). The second-order valence-corrected chi connectivity index (χ2v) is 7.48. The second kappa shape index (κ2) is 8.19.